The summed E-state index contributed by atoms with van der Waals surface area (Å²) in [5.41, 5.74) is 2.25. The fourth-order valence-corrected chi connectivity index (χ4v) is 5.34. The number of anilines is 6. The van der Waals surface area contributed by atoms with Crippen LogP contribution < -0.4 is 25.6 Å². The van der Waals surface area contributed by atoms with E-state index in [1.54, 1.807) is 57.5 Å². The number of likely N-dealkylation sites (N-methyl/N-ethyl adjacent to an activating group) is 2. The van der Waals surface area contributed by atoms with Crippen molar-refractivity contribution in [2.24, 2.45) is 0 Å². The molecule has 0 spiro atoms. The minimum Gasteiger partial charge on any atom is -0.494 e. The molecule has 0 radical (unpaired) electrons. The van der Waals surface area contributed by atoms with Crippen molar-refractivity contribution < 1.29 is 17.9 Å². The van der Waals surface area contributed by atoms with Gasteiger partial charge in [0.25, 0.3) is 0 Å². The SMILES string of the molecule is C=CC(=O)Nc1cc(Nc2ncc(I)c(Nc3ccccc3S(=O)(=O)C(C)C)n2)c(OC)cc1N(C)CCN(C)C. The van der Waals surface area contributed by atoms with E-state index in [-0.39, 0.29) is 16.8 Å². The summed E-state index contributed by atoms with van der Waals surface area (Å²) in [5.74, 6) is 0.826. The third kappa shape index (κ3) is 8.07. The number of rotatable bonds is 13. The average Bonchev–Trinajstić information content (AvgIpc) is 2.93. The molecule has 0 aliphatic rings. The lowest BCUT2D eigenvalue weighted by molar-refractivity contribution is -0.111. The van der Waals surface area contributed by atoms with E-state index in [1.165, 1.54) is 6.08 Å². The number of hydrogen-bond acceptors (Lipinski definition) is 10. The molecule has 0 saturated carbocycles. The molecule has 1 heterocycles. The lowest BCUT2D eigenvalue weighted by atomic mass is 10.2. The third-order valence-electron chi connectivity index (χ3n) is 6.11. The van der Waals surface area contributed by atoms with Crippen LogP contribution in [-0.4, -0.2) is 75.8 Å². The molecule has 3 aromatic rings. The van der Waals surface area contributed by atoms with E-state index < -0.39 is 15.1 Å². The number of aromatic nitrogens is 2. The molecule has 2 aromatic carbocycles. The van der Waals surface area contributed by atoms with Crippen LogP contribution in [0.3, 0.4) is 0 Å². The molecule has 1 aromatic heterocycles. The largest absolute Gasteiger partial charge is 0.494 e. The predicted octanol–water partition coefficient (Wildman–Crippen LogP) is 4.88. The first-order valence-corrected chi connectivity index (χ1v) is 15.4. The Hall–Kier alpha value is -3.43. The van der Waals surface area contributed by atoms with Crippen molar-refractivity contribution >= 4 is 72.9 Å². The molecule has 1 amide bonds. The second kappa shape index (κ2) is 14.0. The van der Waals surface area contributed by atoms with E-state index in [4.69, 9.17) is 4.74 Å². The standard InChI is InChI=1S/C28H36IN7O4S/c1-8-26(37)31-21-15-22(24(40-7)16-23(21)36(6)14-13-35(4)5)33-28-30-17-19(29)27(34-28)32-20-11-9-10-12-25(20)41(38,39)18(2)3/h8-12,15-18H,1,13-14H2,2-7H3,(H,31,37)(H2,30,32,33,34). The van der Waals surface area contributed by atoms with Gasteiger partial charge in [0.1, 0.15) is 11.6 Å². The van der Waals surface area contributed by atoms with Crippen LogP contribution in [0.25, 0.3) is 0 Å². The number of amides is 1. The van der Waals surface area contributed by atoms with Gasteiger partial charge >= 0.3 is 0 Å². The summed E-state index contributed by atoms with van der Waals surface area (Å²) in [4.78, 5) is 25.6. The smallest absolute Gasteiger partial charge is 0.247 e. The summed E-state index contributed by atoms with van der Waals surface area (Å²) in [5, 5.41) is 8.62. The molecule has 0 atom stereocenters. The molecular formula is C28H36IN7O4S. The molecule has 0 fully saturated rings. The van der Waals surface area contributed by atoms with Crippen molar-refractivity contribution in [3.05, 3.63) is 58.8 Å². The number of methoxy groups -OCH3 is 1. The number of halogens is 1. The number of benzene rings is 2. The molecular weight excluding hydrogens is 657 g/mol. The van der Waals surface area contributed by atoms with E-state index in [9.17, 15) is 13.2 Å². The zero-order valence-corrected chi connectivity index (χ0v) is 27.0. The van der Waals surface area contributed by atoms with Gasteiger partial charge in [-0.3, -0.25) is 4.79 Å². The number of carbonyl (C=O) groups excluding carboxylic acids is 1. The molecule has 0 aliphatic carbocycles. The minimum absolute atomic E-state index is 0.192. The van der Waals surface area contributed by atoms with Gasteiger partial charge in [-0.1, -0.05) is 18.7 Å². The fourth-order valence-electron chi connectivity index (χ4n) is 3.74. The Bertz CT molecular complexity index is 1510. The van der Waals surface area contributed by atoms with Gasteiger partial charge in [0.05, 0.1) is 43.6 Å². The number of sulfone groups is 1. The van der Waals surface area contributed by atoms with Gasteiger partial charge in [-0.05, 0) is 74.8 Å². The first kappa shape index (κ1) is 32.1. The second-order valence-electron chi connectivity index (χ2n) is 9.72. The van der Waals surface area contributed by atoms with Crippen molar-refractivity contribution in [1.29, 1.82) is 0 Å². The number of nitrogens with zero attached hydrogens (tertiary/aromatic N) is 4. The Morgan fingerprint density at radius 1 is 1.10 bits per heavy atom. The predicted molar refractivity (Wildman–Crippen MR) is 174 cm³/mol. The maximum Gasteiger partial charge on any atom is 0.247 e. The Balaban J connectivity index is 2.00. The zero-order valence-electron chi connectivity index (χ0n) is 24.0. The van der Waals surface area contributed by atoms with E-state index in [0.717, 1.165) is 12.2 Å². The summed E-state index contributed by atoms with van der Waals surface area (Å²) in [6.45, 7) is 8.37. The Morgan fingerprint density at radius 3 is 2.44 bits per heavy atom. The van der Waals surface area contributed by atoms with Crippen molar-refractivity contribution in [2.75, 3.05) is 62.2 Å². The Morgan fingerprint density at radius 2 is 1.80 bits per heavy atom. The van der Waals surface area contributed by atoms with E-state index in [1.807, 2.05) is 32.1 Å². The summed E-state index contributed by atoms with van der Waals surface area (Å²) in [6, 6.07) is 10.3. The van der Waals surface area contributed by atoms with Crippen LogP contribution in [0.5, 0.6) is 5.75 Å². The highest BCUT2D eigenvalue weighted by Crippen LogP contribution is 2.38. The van der Waals surface area contributed by atoms with E-state index >= 15 is 0 Å². The van der Waals surface area contributed by atoms with Gasteiger partial charge in [-0.25, -0.2) is 13.4 Å². The van der Waals surface area contributed by atoms with Crippen LogP contribution in [0.2, 0.25) is 0 Å². The summed E-state index contributed by atoms with van der Waals surface area (Å²) in [7, 11) is 3.95. The normalized spacial score (nSPS) is 11.3. The number of ether oxygens (including phenoxy) is 1. The summed E-state index contributed by atoms with van der Waals surface area (Å²) < 4.78 is 32.2. The van der Waals surface area contributed by atoms with Crippen LogP contribution in [0.15, 0.2) is 60.1 Å². The summed E-state index contributed by atoms with van der Waals surface area (Å²) in [6.07, 6.45) is 2.83. The number of nitrogens with one attached hydrogen (secondary N) is 3. The van der Waals surface area contributed by atoms with Gasteiger partial charge in [0.2, 0.25) is 11.9 Å². The first-order valence-electron chi connectivity index (χ1n) is 12.8. The van der Waals surface area contributed by atoms with Crippen molar-refractivity contribution in [3.8, 4) is 5.75 Å². The fraction of sp³-hybridized carbons (Fsp3) is 0.321. The van der Waals surface area contributed by atoms with Gasteiger partial charge in [-0.2, -0.15) is 4.98 Å². The summed E-state index contributed by atoms with van der Waals surface area (Å²) >= 11 is 2.09. The quantitative estimate of drug-likeness (QED) is 0.168. The van der Waals surface area contributed by atoms with Crippen LogP contribution in [0.1, 0.15) is 13.8 Å². The Kier molecular flexibility index (Phi) is 10.9. The van der Waals surface area contributed by atoms with Gasteiger partial charge in [-0.15, -0.1) is 0 Å². The molecule has 0 saturated heterocycles. The number of hydrogen-bond donors (Lipinski definition) is 3. The number of para-hydroxylation sites is 1. The lowest BCUT2D eigenvalue weighted by Crippen LogP contribution is -2.29. The first-order chi connectivity index (χ1) is 19.4. The molecule has 0 unspecified atom stereocenters. The van der Waals surface area contributed by atoms with Gasteiger partial charge < -0.3 is 30.5 Å². The highest BCUT2D eigenvalue weighted by atomic mass is 127. The molecule has 11 nitrogen and oxygen atoms in total. The van der Waals surface area contributed by atoms with Crippen LogP contribution in [-0.2, 0) is 14.6 Å². The monoisotopic (exact) mass is 693 g/mol. The van der Waals surface area contributed by atoms with E-state index in [2.05, 4.69) is 60.0 Å². The van der Waals surface area contributed by atoms with Crippen LogP contribution in [0.4, 0.5) is 34.5 Å². The van der Waals surface area contributed by atoms with Crippen molar-refractivity contribution in [2.45, 2.75) is 24.0 Å². The minimum atomic E-state index is -3.53. The Labute approximate surface area is 255 Å². The molecule has 0 aliphatic heterocycles. The molecule has 220 valence electrons. The maximum absolute atomic E-state index is 12.9. The highest BCUT2D eigenvalue weighted by molar-refractivity contribution is 14.1. The lowest BCUT2D eigenvalue weighted by Gasteiger charge is -2.26. The molecule has 0 bridgehead atoms. The average molecular weight is 694 g/mol. The molecule has 3 rings (SSSR count). The van der Waals surface area contributed by atoms with Gasteiger partial charge in [0, 0.05) is 32.4 Å². The zero-order chi connectivity index (χ0) is 30.3. The van der Waals surface area contributed by atoms with Crippen molar-refractivity contribution in [3.63, 3.8) is 0 Å². The molecule has 13 heteroatoms. The highest BCUT2D eigenvalue weighted by Gasteiger charge is 2.23. The topological polar surface area (TPSA) is 129 Å². The third-order valence-corrected chi connectivity index (χ3v) is 9.11. The maximum atomic E-state index is 12.9. The van der Waals surface area contributed by atoms with Crippen molar-refractivity contribution in [1.82, 2.24) is 14.9 Å². The number of carbonyl (C=O) groups is 1. The second-order valence-corrected chi connectivity index (χ2v) is 13.4. The van der Waals surface area contributed by atoms with Crippen LogP contribution in [0, 0.1) is 3.57 Å². The molecule has 41 heavy (non-hydrogen) atoms. The molecule has 3 N–H and O–H groups in total. The van der Waals surface area contributed by atoms with Crippen LogP contribution >= 0.6 is 22.6 Å². The van der Waals surface area contributed by atoms with E-state index in [0.29, 0.717) is 38.7 Å². The van der Waals surface area contributed by atoms with Gasteiger partial charge in [0.15, 0.2) is 9.84 Å².